The highest BCUT2D eigenvalue weighted by atomic mass is 16.5. The van der Waals surface area contributed by atoms with Crippen molar-refractivity contribution >= 4 is 33.5 Å². The number of ether oxygens (including phenoxy) is 3. The maximum Gasteiger partial charge on any atom is 0.255 e. The van der Waals surface area contributed by atoms with E-state index in [1.54, 1.807) is 12.1 Å². The topological polar surface area (TPSA) is 82.8 Å². The predicted molar refractivity (Wildman–Crippen MR) is 145 cm³/mol. The Hall–Kier alpha value is -4.52. The summed E-state index contributed by atoms with van der Waals surface area (Å²) in [5.41, 5.74) is 3.10. The normalized spacial score (nSPS) is 11.0. The molecule has 0 saturated carbocycles. The quantitative estimate of drug-likeness (QED) is 0.234. The molecule has 0 unspecified atom stereocenters. The van der Waals surface area contributed by atoms with E-state index in [9.17, 15) is 4.79 Å². The van der Waals surface area contributed by atoms with Crippen LogP contribution in [0.3, 0.4) is 0 Å². The molecule has 0 aliphatic heterocycles. The highest BCUT2D eigenvalue weighted by Gasteiger charge is 2.20. The van der Waals surface area contributed by atoms with E-state index in [0.717, 1.165) is 16.3 Å². The summed E-state index contributed by atoms with van der Waals surface area (Å²) in [6.45, 7) is 6.93. The first-order chi connectivity index (χ1) is 18.1. The fourth-order valence-corrected chi connectivity index (χ4v) is 4.26. The standard InChI is InChI=1S/C30H28N2O5/c1-4-34-25-17-20(18-26(35-5-2)28(25)36-6-3)29(33)31-23-14-10-9-13-22(23)30-32-24-16-15-19-11-7-8-12-21(19)27(24)37-30/h7-18H,4-6H2,1-3H3,(H,31,33). The number of nitrogens with one attached hydrogen (secondary N) is 1. The minimum Gasteiger partial charge on any atom is -0.490 e. The Morgan fingerprint density at radius 1 is 0.838 bits per heavy atom. The van der Waals surface area contributed by atoms with Crippen molar-refractivity contribution in [3.05, 3.63) is 78.4 Å². The fraction of sp³-hybridized carbons (Fsp3) is 0.200. The minimum absolute atomic E-state index is 0.320. The first kappa shape index (κ1) is 24.2. The van der Waals surface area contributed by atoms with E-state index in [0.29, 0.717) is 65.4 Å². The van der Waals surface area contributed by atoms with E-state index < -0.39 is 0 Å². The molecule has 37 heavy (non-hydrogen) atoms. The molecule has 5 rings (SSSR count). The average molecular weight is 497 g/mol. The lowest BCUT2D eigenvalue weighted by atomic mass is 10.1. The van der Waals surface area contributed by atoms with Crippen LogP contribution in [0.4, 0.5) is 5.69 Å². The lowest BCUT2D eigenvalue weighted by Gasteiger charge is -2.17. The molecule has 0 bridgehead atoms. The molecule has 0 aliphatic carbocycles. The van der Waals surface area contributed by atoms with Gasteiger partial charge >= 0.3 is 0 Å². The Morgan fingerprint density at radius 3 is 2.24 bits per heavy atom. The highest BCUT2D eigenvalue weighted by Crippen LogP contribution is 2.40. The largest absolute Gasteiger partial charge is 0.490 e. The first-order valence-corrected chi connectivity index (χ1v) is 12.4. The van der Waals surface area contributed by atoms with Crippen molar-refractivity contribution in [1.82, 2.24) is 4.98 Å². The smallest absolute Gasteiger partial charge is 0.255 e. The SMILES string of the molecule is CCOc1cc(C(=O)Nc2ccccc2-c2nc3ccc4ccccc4c3o2)cc(OCC)c1OCC. The Kier molecular flexibility index (Phi) is 6.94. The van der Waals surface area contributed by atoms with Crippen LogP contribution in [0.15, 0.2) is 77.2 Å². The number of nitrogens with zero attached hydrogens (tertiary/aromatic N) is 1. The summed E-state index contributed by atoms with van der Waals surface area (Å²) >= 11 is 0. The molecule has 0 saturated heterocycles. The number of hydrogen-bond donors (Lipinski definition) is 1. The summed E-state index contributed by atoms with van der Waals surface area (Å²) in [4.78, 5) is 18.1. The van der Waals surface area contributed by atoms with Gasteiger partial charge in [-0.25, -0.2) is 4.98 Å². The average Bonchev–Trinajstić information content (AvgIpc) is 3.36. The van der Waals surface area contributed by atoms with Gasteiger partial charge in [0.05, 0.1) is 31.1 Å². The second kappa shape index (κ2) is 10.6. The third-order valence-electron chi connectivity index (χ3n) is 5.86. The van der Waals surface area contributed by atoms with Crippen molar-refractivity contribution in [2.45, 2.75) is 20.8 Å². The summed E-state index contributed by atoms with van der Waals surface area (Å²) in [6, 6.07) is 22.7. The van der Waals surface area contributed by atoms with E-state index in [-0.39, 0.29) is 5.91 Å². The zero-order valence-electron chi connectivity index (χ0n) is 21.0. The molecule has 1 N–H and O–H groups in total. The number of oxazole rings is 1. The lowest BCUT2D eigenvalue weighted by Crippen LogP contribution is -2.14. The molecule has 1 aromatic heterocycles. The molecule has 5 aromatic rings. The summed E-state index contributed by atoms with van der Waals surface area (Å²) in [6.07, 6.45) is 0. The second-order valence-corrected chi connectivity index (χ2v) is 8.25. The van der Waals surface area contributed by atoms with Crippen LogP contribution in [0.25, 0.3) is 33.3 Å². The number of aromatic nitrogens is 1. The number of fused-ring (bicyclic) bond motifs is 3. The molecule has 0 radical (unpaired) electrons. The molecule has 4 aromatic carbocycles. The van der Waals surface area contributed by atoms with Crippen LogP contribution in [-0.4, -0.2) is 30.7 Å². The number of amides is 1. The third-order valence-corrected chi connectivity index (χ3v) is 5.86. The van der Waals surface area contributed by atoms with Crippen LogP contribution in [0.5, 0.6) is 17.2 Å². The zero-order chi connectivity index (χ0) is 25.8. The van der Waals surface area contributed by atoms with Crippen LogP contribution in [0.1, 0.15) is 31.1 Å². The maximum atomic E-state index is 13.4. The summed E-state index contributed by atoms with van der Waals surface area (Å²) in [5, 5.41) is 5.07. The number of hydrogen-bond acceptors (Lipinski definition) is 6. The lowest BCUT2D eigenvalue weighted by molar-refractivity contribution is 0.102. The van der Waals surface area contributed by atoms with E-state index in [4.69, 9.17) is 23.6 Å². The van der Waals surface area contributed by atoms with Gasteiger partial charge in [-0.2, -0.15) is 0 Å². The van der Waals surface area contributed by atoms with Gasteiger partial charge in [0.15, 0.2) is 17.1 Å². The number of rotatable bonds is 9. The van der Waals surface area contributed by atoms with E-state index in [1.165, 1.54) is 0 Å². The van der Waals surface area contributed by atoms with Gasteiger partial charge in [-0.05, 0) is 56.5 Å². The molecule has 0 aliphatic rings. The number of para-hydroxylation sites is 1. The fourth-order valence-electron chi connectivity index (χ4n) is 4.26. The van der Waals surface area contributed by atoms with Crippen molar-refractivity contribution in [3.8, 4) is 28.7 Å². The number of carbonyl (C=O) groups is 1. The third kappa shape index (κ3) is 4.80. The van der Waals surface area contributed by atoms with Crippen LogP contribution in [-0.2, 0) is 0 Å². The molecule has 7 nitrogen and oxygen atoms in total. The van der Waals surface area contributed by atoms with Crippen LogP contribution >= 0.6 is 0 Å². The Labute approximate surface area is 215 Å². The Bertz CT molecular complexity index is 1550. The summed E-state index contributed by atoms with van der Waals surface area (Å²) < 4.78 is 23.5. The van der Waals surface area contributed by atoms with Gasteiger partial charge in [-0.1, -0.05) is 42.5 Å². The molecule has 0 fully saturated rings. The Morgan fingerprint density at radius 2 is 1.51 bits per heavy atom. The van der Waals surface area contributed by atoms with Crippen LogP contribution in [0, 0.1) is 0 Å². The molecular formula is C30H28N2O5. The number of benzene rings is 4. The van der Waals surface area contributed by atoms with Crippen molar-refractivity contribution in [3.63, 3.8) is 0 Å². The number of anilines is 1. The van der Waals surface area contributed by atoms with Gasteiger partial charge in [0.1, 0.15) is 5.52 Å². The molecule has 0 spiro atoms. The summed E-state index contributed by atoms with van der Waals surface area (Å²) in [5.74, 6) is 1.51. The van der Waals surface area contributed by atoms with Gasteiger partial charge in [0.2, 0.25) is 11.6 Å². The van der Waals surface area contributed by atoms with Crippen molar-refractivity contribution in [1.29, 1.82) is 0 Å². The monoisotopic (exact) mass is 496 g/mol. The van der Waals surface area contributed by atoms with Gasteiger partial charge in [0, 0.05) is 10.9 Å². The second-order valence-electron chi connectivity index (χ2n) is 8.25. The van der Waals surface area contributed by atoms with Gasteiger partial charge in [0.25, 0.3) is 5.91 Å². The highest BCUT2D eigenvalue weighted by molar-refractivity contribution is 6.07. The summed E-state index contributed by atoms with van der Waals surface area (Å²) in [7, 11) is 0. The van der Waals surface area contributed by atoms with Crippen LogP contribution in [0.2, 0.25) is 0 Å². The molecule has 0 atom stereocenters. The zero-order valence-corrected chi connectivity index (χ0v) is 21.0. The molecule has 188 valence electrons. The predicted octanol–water partition coefficient (Wildman–Crippen LogP) is 7.10. The van der Waals surface area contributed by atoms with E-state index in [2.05, 4.69) is 5.32 Å². The molecule has 1 amide bonds. The first-order valence-electron chi connectivity index (χ1n) is 12.4. The van der Waals surface area contributed by atoms with Crippen molar-refractivity contribution in [2.24, 2.45) is 0 Å². The molecule has 1 heterocycles. The van der Waals surface area contributed by atoms with Crippen LogP contribution < -0.4 is 19.5 Å². The van der Waals surface area contributed by atoms with E-state index >= 15 is 0 Å². The minimum atomic E-state index is -0.320. The molecule has 7 heteroatoms. The molecular weight excluding hydrogens is 468 g/mol. The Balaban J connectivity index is 1.52. The van der Waals surface area contributed by atoms with E-state index in [1.807, 2.05) is 81.4 Å². The van der Waals surface area contributed by atoms with Crippen molar-refractivity contribution < 1.29 is 23.4 Å². The maximum absolute atomic E-state index is 13.4. The van der Waals surface area contributed by atoms with Crippen molar-refractivity contribution in [2.75, 3.05) is 25.1 Å². The van der Waals surface area contributed by atoms with Gasteiger partial charge in [-0.15, -0.1) is 0 Å². The van der Waals surface area contributed by atoms with Gasteiger partial charge in [-0.3, -0.25) is 4.79 Å². The van der Waals surface area contributed by atoms with Gasteiger partial charge < -0.3 is 23.9 Å². The number of carbonyl (C=O) groups excluding carboxylic acids is 1.